The van der Waals surface area contributed by atoms with Crippen LogP contribution in [0.1, 0.15) is 24.4 Å². The zero-order chi connectivity index (χ0) is 11.8. The van der Waals surface area contributed by atoms with E-state index in [1.54, 1.807) is 12.1 Å². The third kappa shape index (κ3) is 2.08. The van der Waals surface area contributed by atoms with Crippen LogP contribution in [0.4, 0.5) is 13.2 Å². The molecule has 0 aliphatic heterocycles. The summed E-state index contributed by atoms with van der Waals surface area (Å²) in [7, 11) is 0. The zero-order valence-electron chi connectivity index (χ0n) is 8.60. The van der Waals surface area contributed by atoms with Gasteiger partial charge in [-0.3, -0.25) is 5.32 Å². The van der Waals surface area contributed by atoms with E-state index in [-0.39, 0.29) is 25.9 Å². The van der Waals surface area contributed by atoms with Gasteiger partial charge in [-0.05, 0) is 25.0 Å². The molecule has 0 atom stereocenters. The molecule has 3 nitrogen and oxygen atoms in total. The first kappa shape index (κ1) is 11.5. The van der Waals surface area contributed by atoms with Crippen LogP contribution >= 0.6 is 0 Å². The molecule has 0 bridgehead atoms. The summed E-state index contributed by atoms with van der Waals surface area (Å²) in [5.41, 5.74) is 3.64. The van der Waals surface area contributed by atoms with Crippen LogP contribution in [-0.2, 0) is 13.1 Å². The van der Waals surface area contributed by atoms with Crippen molar-refractivity contribution in [3.8, 4) is 0 Å². The van der Waals surface area contributed by atoms with Crippen LogP contribution in [-0.4, -0.2) is 11.7 Å². The Balaban J connectivity index is 1.93. The molecule has 3 N–H and O–H groups in total. The quantitative estimate of drug-likeness (QED) is 0.836. The van der Waals surface area contributed by atoms with E-state index in [0.29, 0.717) is 11.5 Å². The van der Waals surface area contributed by atoms with Crippen molar-refractivity contribution in [3.05, 3.63) is 23.7 Å². The van der Waals surface area contributed by atoms with Gasteiger partial charge in [-0.2, -0.15) is 13.2 Å². The third-order valence-corrected chi connectivity index (χ3v) is 2.81. The molecule has 1 aliphatic rings. The first-order chi connectivity index (χ1) is 7.47. The predicted octanol–water partition coefficient (Wildman–Crippen LogP) is 1.92. The van der Waals surface area contributed by atoms with Crippen LogP contribution in [0.3, 0.4) is 0 Å². The fourth-order valence-corrected chi connectivity index (χ4v) is 1.57. The summed E-state index contributed by atoms with van der Waals surface area (Å²) in [5, 5.41) is 2.50. The lowest BCUT2D eigenvalue weighted by molar-refractivity contribution is -0.166. The average Bonchev–Trinajstić information content (AvgIpc) is 2.88. The Morgan fingerprint density at radius 2 is 1.94 bits per heavy atom. The molecule has 2 rings (SSSR count). The normalized spacial score (nSPS) is 18.8. The molecule has 0 spiro atoms. The van der Waals surface area contributed by atoms with E-state index in [1.165, 1.54) is 0 Å². The molecule has 1 aromatic heterocycles. The third-order valence-electron chi connectivity index (χ3n) is 2.81. The van der Waals surface area contributed by atoms with Gasteiger partial charge in [0.2, 0.25) is 0 Å². The number of halogens is 3. The Labute approximate surface area is 90.8 Å². The minimum Gasteiger partial charge on any atom is -0.463 e. The lowest BCUT2D eigenvalue weighted by Gasteiger charge is -2.19. The summed E-state index contributed by atoms with van der Waals surface area (Å²) in [6.45, 7) is 0.337. The van der Waals surface area contributed by atoms with Crippen molar-refractivity contribution in [2.75, 3.05) is 0 Å². The van der Waals surface area contributed by atoms with Gasteiger partial charge in [-0.15, -0.1) is 0 Å². The van der Waals surface area contributed by atoms with Gasteiger partial charge in [-0.25, -0.2) is 0 Å². The predicted molar refractivity (Wildman–Crippen MR) is 51.5 cm³/mol. The number of nitrogens with one attached hydrogen (secondary N) is 1. The second kappa shape index (κ2) is 3.78. The van der Waals surface area contributed by atoms with Gasteiger partial charge >= 0.3 is 6.18 Å². The number of nitrogens with two attached hydrogens (primary N) is 1. The minimum absolute atomic E-state index is 0.0828. The second-order valence-corrected chi connectivity index (χ2v) is 4.01. The number of rotatable bonds is 4. The standard InChI is InChI=1S/C10H13F3N2O/c11-10(12,13)9(3-4-9)15-6-8-2-1-7(5-14)16-8/h1-2,15H,3-6,14H2. The molecule has 16 heavy (non-hydrogen) atoms. The zero-order valence-corrected chi connectivity index (χ0v) is 8.60. The SMILES string of the molecule is NCc1ccc(CNC2(C(F)(F)F)CC2)o1. The average molecular weight is 234 g/mol. The molecule has 1 heterocycles. The van der Waals surface area contributed by atoms with Gasteiger partial charge in [0.25, 0.3) is 0 Å². The van der Waals surface area contributed by atoms with Crippen LogP contribution in [0.2, 0.25) is 0 Å². The van der Waals surface area contributed by atoms with Crippen molar-refractivity contribution in [3.63, 3.8) is 0 Å². The highest BCUT2D eigenvalue weighted by molar-refractivity contribution is 5.11. The Morgan fingerprint density at radius 3 is 2.38 bits per heavy atom. The Kier molecular flexibility index (Phi) is 2.71. The molecule has 1 saturated carbocycles. The number of alkyl halides is 3. The maximum absolute atomic E-state index is 12.6. The molecule has 1 fully saturated rings. The molecule has 0 aromatic carbocycles. The molecular weight excluding hydrogens is 221 g/mol. The highest BCUT2D eigenvalue weighted by atomic mass is 19.4. The summed E-state index contributed by atoms with van der Waals surface area (Å²) in [6.07, 6.45) is -3.90. The summed E-state index contributed by atoms with van der Waals surface area (Å²) in [5.74, 6) is 1.06. The lowest BCUT2D eigenvalue weighted by Crippen LogP contribution is -2.44. The van der Waals surface area contributed by atoms with Gasteiger partial charge in [0.05, 0.1) is 13.1 Å². The summed E-state index contributed by atoms with van der Waals surface area (Å²) < 4.78 is 42.9. The van der Waals surface area contributed by atoms with Crippen LogP contribution in [0, 0.1) is 0 Å². The van der Waals surface area contributed by atoms with Gasteiger partial charge < -0.3 is 10.2 Å². The molecule has 0 unspecified atom stereocenters. The van der Waals surface area contributed by atoms with E-state index in [0.717, 1.165) is 0 Å². The lowest BCUT2D eigenvalue weighted by atomic mass is 10.2. The maximum atomic E-state index is 12.6. The Hall–Kier alpha value is -1.01. The maximum Gasteiger partial charge on any atom is 0.406 e. The molecule has 6 heteroatoms. The van der Waals surface area contributed by atoms with E-state index >= 15 is 0 Å². The van der Waals surface area contributed by atoms with Crippen molar-refractivity contribution >= 4 is 0 Å². The summed E-state index contributed by atoms with van der Waals surface area (Å²) in [4.78, 5) is 0. The first-order valence-electron chi connectivity index (χ1n) is 5.06. The first-order valence-corrected chi connectivity index (χ1v) is 5.06. The van der Waals surface area contributed by atoms with E-state index in [2.05, 4.69) is 5.32 Å². The summed E-state index contributed by atoms with van der Waals surface area (Å²) >= 11 is 0. The van der Waals surface area contributed by atoms with Gasteiger partial charge in [0, 0.05) is 0 Å². The Bertz CT molecular complexity index is 368. The van der Waals surface area contributed by atoms with Crippen LogP contribution in [0.5, 0.6) is 0 Å². The van der Waals surface area contributed by atoms with Gasteiger partial charge in [0.1, 0.15) is 17.1 Å². The molecule has 90 valence electrons. The van der Waals surface area contributed by atoms with Crippen LogP contribution in [0.15, 0.2) is 16.5 Å². The number of furan rings is 1. The van der Waals surface area contributed by atoms with Crippen molar-refractivity contribution in [1.82, 2.24) is 5.32 Å². The van der Waals surface area contributed by atoms with Crippen LogP contribution in [0.25, 0.3) is 0 Å². The Morgan fingerprint density at radius 1 is 1.31 bits per heavy atom. The second-order valence-electron chi connectivity index (χ2n) is 4.01. The highest BCUT2D eigenvalue weighted by Gasteiger charge is 2.63. The van der Waals surface area contributed by atoms with Crippen LogP contribution < -0.4 is 11.1 Å². The smallest absolute Gasteiger partial charge is 0.406 e. The molecule has 0 amide bonds. The monoisotopic (exact) mass is 234 g/mol. The molecule has 1 aromatic rings. The molecule has 0 radical (unpaired) electrons. The van der Waals surface area contributed by atoms with Crippen molar-refractivity contribution < 1.29 is 17.6 Å². The minimum atomic E-state index is -4.18. The highest BCUT2D eigenvalue weighted by Crippen LogP contribution is 2.49. The molecular formula is C10H13F3N2O. The fraction of sp³-hybridized carbons (Fsp3) is 0.600. The van der Waals surface area contributed by atoms with Crippen molar-refractivity contribution in [2.24, 2.45) is 5.73 Å². The molecule has 1 aliphatic carbocycles. The number of hydrogen-bond donors (Lipinski definition) is 2. The number of hydrogen-bond acceptors (Lipinski definition) is 3. The summed E-state index contributed by atoms with van der Waals surface area (Å²) in [6, 6.07) is 3.31. The fourth-order valence-electron chi connectivity index (χ4n) is 1.57. The van der Waals surface area contributed by atoms with E-state index in [9.17, 15) is 13.2 Å². The van der Waals surface area contributed by atoms with E-state index < -0.39 is 11.7 Å². The molecule has 0 saturated heterocycles. The van der Waals surface area contributed by atoms with Gasteiger partial charge in [0.15, 0.2) is 0 Å². The van der Waals surface area contributed by atoms with E-state index in [1.807, 2.05) is 0 Å². The largest absolute Gasteiger partial charge is 0.463 e. The topological polar surface area (TPSA) is 51.2 Å². The van der Waals surface area contributed by atoms with Gasteiger partial charge in [-0.1, -0.05) is 0 Å². The van der Waals surface area contributed by atoms with Crippen molar-refractivity contribution in [1.29, 1.82) is 0 Å². The van der Waals surface area contributed by atoms with E-state index in [4.69, 9.17) is 10.2 Å². The van der Waals surface area contributed by atoms with Crippen molar-refractivity contribution in [2.45, 2.75) is 37.6 Å².